The van der Waals surface area contributed by atoms with Crippen LogP contribution in [0.2, 0.25) is 10.0 Å². The molecule has 0 saturated heterocycles. The number of benzene rings is 2. The molecule has 32 heavy (non-hydrogen) atoms. The standard InChI is InChI=1S/C22H20Cl3FN4O2/c1-12-6-7-14(17(25)8-12)9-15(10-23)29-22(30-31)21-19(11-27-13(2)28-21)32-18-5-3-4-16(24)20(18)26/h3-8,11,15,31H,9-10H2,1-2H3,(H,29,30)/t15-/m1/s1. The minimum absolute atomic E-state index is 0.0122. The lowest BCUT2D eigenvalue weighted by atomic mass is 10.1. The van der Waals surface area contributed by atoms with Crippen molar-refractivity contribution in [3.63, 3.8) is 0 Å². The Kier molecular flexibility index (Phi) is 8.26. The first-order valence-corrected chi connectivity index (χ1v) is 10.9. The highest BCUT2D eigenvalue weighted by molar-refractivity contribution is 6.31. The molecule has 10 heteroatoms. The van der Waals surface area contributed by atoms with E-state index in [0.717, 1.165) is 11.1 Å². The number of rotatable bonds is 7. The lowest BCUT2D eigenvalue weighted by molar-refractivity contribution is 0.233. The highest BCUT2D eigenvalue weighted by atomic mass is 35.5. The van der Waals surface area contributed by atoms with Gasteiger partial charge in [0.05, 0.1) is 17.3 Å². The second-order valence-corrected chi connectivity index (χ2v) is 8.10. The average Bonchev–Trinajstić information content (AvgIpc) is 2.77. The van der Waals surface area contributed by atoms with Gasteiger partial charge in [0, 0.05) is 10.9 Å². The van der Waals surface area contributed by atoms with Crippen LogP contribution in [0.5, 0.6) is 11.5 Å². The summed E-state index contributed by atoms with van der Waals surface area (Å²) in [6.07, 6.45) is 1.79. The van der Waals surface area contributed by atoms with Gasteiger partial charge in [-0.1, -0.05) is 41.4 Å². The third-order valence-electron chi connectivity index (χ3n) is 4.50. The molecule has 2 N–H and O–H groups in total. The summed E-state index contributed by atoms with van der Waals surface area (Å²) in [7, 11) is 0. The van der Waals surface area contributed by atoms with Crippen LogP contribution in [0.1, 0.15) is 22.6 Å². The number of hydrogen-bond donors (Lipinski definition) is 2. The number of aromatic nitrogens is 2. The molecule has 0 aliphatic carbocycles. The Labute approximate surface area is 200 Å². The molecule has 1 aromatic heterocycles. The van der Waals surface area contributed by atoms with E-state index in [1.807, 2.05) is 30.6 Å². The summed E-state index contributed by atoms with van der Waals surface area (Å²) in [5.41, 5.74) is 4.07. The van der Waals surface area contributed by atoms with Gasteiger partial charge in [0.1, 0.15) is 5.82 Å². The van der Waals surface area contributed by atoms with Crippen LogP contribution in [-0.4, -0.2) is 32.9 Å². The number of halogens is 4. The number of aryl methyl sites for hydroxylation is 2. The molecule has 0 bridgehead atoms. The second kappa shape index (κ2) is 10.9. The number of alkyl halides is 1. The van der Waals surface area contributed by atoms with Crippen molar-refractivity contribution in [1.29, 1.82) is 0 Å². The van der Waals surface area contributed by atoms with Crippen LogP contribution in [0.25, 0.3) is 0 Å². The van der Waals surface area contributed by atoms with Gasteiger partial charge in [-0.25, -0.2) is 14.4 Å². The molecular formula is C22H20Cl3FN4O2. The highest BCUT2D eigenvalue weighted by Crippen LogP contribution is 2.30. The summed E-state index contributed by atoms with van der Waals surface area (Å²) in [4.78, 5) is 12.9. The van der Waals surface area contributed by atoms with Gasteiger partial charge in [0.2, 0.25) is 0 Å². The second-order valence-electron chi connectivity index (χ2n) is 6.98. The fourth-order valence-corrected chi connectivity index (χ4v) is 3.57. The van der Waals surface area contributed by atoms with E-state index in [9.17, 15) is 9.60 Å². The largest absolute Gasteiger partial charge is 0.450 e. The molecule has 0 radical (unpaired) electrons. The highest BCUT2D eigenvalue weighted by Gasteiger charge is 2.19. The molecular weight excluding hydrogens is 478 g/mol. The van der Waals surface area contributed by atoms with Gasteiger partial charge in [-0.3, -0.25) is 15.7 Å². The van der Waals surface area contributed by atoms with Crippen molar-refractivity contribution in [2.45, 2.75) is 26.3 Å². The first-order valence-electron chi connectivity index (χ1n) is 9.57. The molecule has 1 atom stereocenters. The Balaban J connectivity index is 1.96. The van der Waals surface area contributed by atoms with Gasteiger partial charge in [0.15, 0.2) is 28.8 Å². The first kappa shape index (κ1) is 24.2. The van der Waals surface area contributed by atoms with E-state index < -0.39 is 11.9 Å². The van der Waals surface area contributed by atoms with Gasteiger partial charge in [-0.05, 0) is 49.6 Å². The number of aliphatic imine (C=N–C) groups is 1. The summed E-state index contributed by atoms with van der Waals surface area (Å²) in [6, 6.07) is 9.62. The third kappa shape index (κ3) is 5.86. The zero-order valence-corrected chi connectivity index (χ0v) is 19.5. The van der Waals surface area contributed by atoms with E-state index in [-0.39, 0.29) is 33.9 Å². The number of hydrogen-bond acceptors (Lipinski definition) is 5. The number of hydroxylamine groups is 1. The zero-order valence-electron chi connectivity index (χ0n) is 17.2. The van der Waals surface area contributed by atoms with Crippen molar-refractivity contribution >= 4 is 40.6 Å². The fraction of sp³-hybridized carbons (Fsp3) is 0.227. The molecule has 168 valence electrons. The van der Waals surface area contributed by atoms with E-state index in [4.69, 9.17) is 39.5 Å². The molecule has 0 saturated carbocycles. The lowest BCUT2D eigenvalue weighted by Crippen LogP contribution is -2.26. The van der Waals surface area contributed by atoms with Gasteiger partial charge in [-0.2, -0.15) is 0 Å². The maximum Gasteiger partial charge on any atom is 0.184 e. The summed E-state index contributed by atoms with van der Waals surface area (Å²) in [6.45, 7) is 3.61. The molecule has 0 spiro atoms. The topological polar surface area (TPSA) is 79.6 Å². The number of nitrogens with one attached hydrogen (secondary N) is 1. The summed E-state index contributed by atoms with van der Waals surface area (Å²) in [5, 5.41) is 10.3. The molecule has 1 heterocycles. The van der Waals surface area contributed by atoms with Gasteiger partial charge in [-0.15, -0.1) is 11.6 Å². The van der Waals surface area contributed by atoms with Gasteiger partial charge >= 0.3 is 0 Å². The van der Waals surface area contributed by atoms with Crippen molar-refractivity contribution < 1.29 is 14.3 Å². The number of amidine groups is 1. The first-order chi connectivity index (χ1) is 15.3. The van der Waals surface area contributed by atoms with Crippen molar-refractivity contribution in [3.8, 4) is 11.5 Å². The molecule has 0 aliphatic rings. The molecule has 0 fully saturated rings. The minimum atomic E-state index is -0.733. The van der Waals surface area contributed by atoms with Crippen LogP contribution in [-0.2, 0) is 6.42 Å². The van der Waals surface area contributed by atoms with E-state index >= 15 is 0 Å². The monoisotopic (exact) mass is 496 g/mol. The van der Waals surface area contributed by atoms with E-state index in [0.29, 0.717) is 17.3 Å². The van der Waals surface area contributed by atoms with Crippen molar-refractivity contribution in [3.05, 3.63) is 81.1 Å². The third-order valence-corrected chi connectivity index (χ3v) is 5.50. The molecule has 2 aromatic carbocycles. The summed E-state index contributed by atoms with van der Waals surface area (Å²) in [5.74, 6) is -0.252. The van der Waals surface area contributed by atoms with Crippen molar-refractivity contribution in [1.82, 2.24) is 15.4 Å². The smallest absolute Gasteiger partial charge is 0.184 e. The van der Waals surface area contributed by atoms with Crippen LogP contribution >= 0.6 is 34.8 Å². The molecule has 0 unspecified atom stereocenters. The Bertz CT molecular complexity index is 1140. The van der Waals surface area contributed by atoms with Crippen LogP contribution in [0.4, 0.5) is 4.39 Å². The quantitative estimate of drug-likeness (QED) is 0.184. The lowest BCUT2D eigenvalue weighted by Gasteiger charge is -2.16. The predicted octanol–water partition coefficient (Wildman–Crippen LogP) is 5.91. The van der Waals surface area contributed by atoms with Gasteiger partial charge < -0.3 is 4.74 Å². The van der Waals surface area contributed by atoms with Gasteiger partial charge in [0.25, 0.3) is 0 Å². The van der Waals surface area contributed by atoms with E-state index in [2.05, 4.69) is 15.0 Å². The Hall–Kier alpha value is -2.45. The maximum atomic E-state index is 14.3. The average molecular weight is 498 g/mol. The Morgan fingerprint density at radius 2 is 1.97 bits per heavy atom. The van der Waals surface area contributed by atoms with Crippen LogP contribution in [0, 0.1) is 19.7 Å². The van der Waals surface area contributed by atoms with Crippen LogP contribution in [0.3, 0.4) is 0 Å². The molecule has 3 rings (SSSR count). The normalized spacial score (nSPS) is 12.5. The molecule has 0 amide bonds. The minimum Gasteiger partial charge on any atom is -0.450 e. The summed E-state index contributed by atoms with van der Waals surface area (Å²) >= 11 is 18.3. The molecule has 6 nitrogen and oxygen atoms in total. The SMILES string of the molecule is Cc1ccc(C[C@H](CCl)N=C(NO)c2nc(C)ncc2Oc2cccc(Cl)c2F)c(Cl)c1. The Morgan fingerprint density at radius 3 is 2.66 bits per heavy atom. The predicted molar refractivity (Wildman–Crippen MR) is 124 cm³/mol. The summed E-state index contributed by atoms with van der Waals surface area (Å²) < 4.78 is 20.0. The van der Waals surface area contributed by atoms with Crippen LogP contribution < -0.4 is 10.2 Å². The van der Waals surface area contributed by atoms with E-state index in [1.54, 1.807) is 13.0 Å². The maximum absolute atomic E-state index is 14.3. The Morgan fingerprint density at radius 1 is 1.19 bits per heavy atom. The van der Waals surface area contributed by atoms with Crippen LogP contribution in [0.15, 0.2) is 47.6 Å². The van der Waals surface area contributed by atoms with Crippen molar-refractivity contribution in [2.24, 2.45) is 4.99 Å². The van der Waals surface area contributed by atoms with E-state index in [1.165, 1.54) is 18.3 Å². The molecule has 3 aromatic rings. The molecule has 0 aliphatic heterocycles. The number of nitrogens with zero attached hydrogens (tertiary/aromatic N) is 3. The van der Waals surface area contributed by atoms with Crippen molar-refractivity contribution in [2.75, 3.05) is 5.88 Å². The zero-order chi connectivity index (χ0) is 23.3. The number of ether oxygens (including phenoxy) is 1. The fourth-order valence-electron chi connectivity index (χ4n) is 2.92.